The SMILES string of the molecule is CC(C)CCCNCc1ccc(C#N)s1. The summed E-state index contributed by atoms with van der Waals surface area (Å²) in [6, 6.07) is 6.07. The Morgan fingerprint density at radius 3 is 2.87 bits per heavy atom. The molecular formula is C12H18N2S. The summed E-state index contributed by atoms with van der Waals surface area (Å²) in [4.78, 5) is 2.05. The second kappa shape index (κ2) is 6.60. The van der Waals surface area contributed by atoms with Gasteiger partial charge in [0.1, 0.15) is 10.9 Å². The van der Waals surface area contributed by atoms with Crippen LogP contribution in [0.3, 0.4) is 0 Å². The molecule has 0 aliphatic carbocycles. The summed E-state index contributed by atoms with van der Waals surface area (Å²) in [7, 11) is 0. The molecule has 1 N–H and O–H groups in total. The van der Waals surface area contributed by atoms with Gasteiger partial charge in [-0.2, -0.15) is 5.26 Å². The molecule has 0 bridgehead atoms. The Morgan fingerprint density at radius 2 is 2.27 bits per heavy atom. The first-order valence-electron chi connectivity index (χ1n) is 5.42. The van der Waals surface area contributed by atoms with E-state index >= 15 is 0 Å². The van der Waals surface area contributed by atoms with E-state index in [2.05, 4.69) is 25.2 Å². The van der Waals surface area contributed by atoms with Crippen molar-refractivity contribution in [3.63, 3.8) is 0 Å². The molecule has 0 fully saturated rings. The summed E-state index contributed by atoms with van der Waals surface area (Å²) in [5.41, 5.74) is 0. The van der Waals surface area contributed by atoms with E-state index in [9.17, 15) is 0 Å². The van der Waals surface area contributed by atoms with Crippen molar-refractivity contribution in [3.8, 4) is 6.07 Å². The summed E-state index contributed by atoms with van der Waals surface area (Å²) in [5, 5.41) is 12.1. The first-order valence-corrected chi connectivity index (χ1v) is 6.23. The average Bonchev–Trinajstić information content (AvgIpc) is 2.65. The molecule has 82 valence electrons. The van der Waals surface area contributed by atoms with E-state index in [4.69, 9.17) is 5.26 Å². The van der Waals surface area contributed by atoms with E-state index in [1.807, 2.05) is 12.1 Å². The Balaban J connectivity index is 2.13. The lowest BCUT2D eigenvalue weighted by atomic mass is 10.1. The van der Waals surface area contributed by atoms with Crippen molar-refractivity contribution in [1.82, 2.24) is 5.32 Å². The van der Waals surface area contributed by atoms with Crippen LogP contribution in [0.15, 0.2) is 12.1 Å². The van der Waals surface area contributed by atoms with Gasteiger partial charge < -0.3 is 5.32 Å². The molecule has 0 amide bonds. The van der Waals surface area contributed by atoms with Crippen molar-refractivity contribution in [3.05, 3.63) is 21.9 Å². The molecule has 1 aromatic rings. The van der Waals surface area contributed by atoms with E-state index < -0.39 is 0 Å². The fourth-order valence-electron chi connectivity index (χ4n) is 1.38. The molecule has 0 unspecified atom stereocenters. The molecule has 0 saturated heterocycles. The summed E-state index contributed by atoms with van der Waals surface area (Å²) in [5.74, 6) is 0.790. The normalized spacial score (nSPS) is 10.5. The Morgan fingerprint density at radius 1 is 1.47 bits per heavy atom. The topological polar surface area (TPSA) is 35.8 Å². The van der Waals surface area contributed by atoms with Crippen molar-refractivity contribution in [1.29, 1.82) is 5.26 Å². The minimum absolute atomic E-state index is 0.790. The van der Waals surface area contributed by atoms with Gasteiger partial charge in [-0.1, -0.05) is 13.8 Å². The Labute approximate surface area is 95.9 Å². The Hall–Kier alpha value is -0.850. The van der Waals surface area contributed by atoms with Gasteiger partial charge in [0.25, 0.3) is 0 Å². The lowest BCUT2D eigenvalue weighted by Gasteiger charge is -2.05. The highest BCUT2D eigenvalue weighted by atomic mass is 32.1. The summed E-state index contributed by atoms with van der Waals surface area (Å²) >= 11 is 1.57. The molecule has 0 atom stereocenters. The van der Waals surface area contributed by atoms with Gasteiger partial charge in [-0.25, -0.2) is 0 Å². The Bertz CT molecular complexity index is 323. The van der Waals surface area contributed by atoms with E-state index in [0.29, 0.717) is 0 Å². The molecule has 2 nitrogen and oxygen atoms in total. The average molecular weight is 222 g/mol. The van der Waals surface area contributed by atoms with E-state index in [-0.39, 0.29) is 0 Å². The van der Waals surface area contributed by atoms with Crippen LogP contribution in [0.4, 0.5) is 0 Å². The molecule has 0 aliphatic rings. The standard InChI is InChI=1S/C12H18N2S/c1-10(2)4-3-7-14-9-12-6-5-11(8-13)15-12/h5-6,10,14H,3-4,7,9H2,1-2H3. The van der Waals surface area contributed by atoms with Crippen molar-refractivity contribution in [2.75, 3.05) is 6.54 Å². The monoisotopic (exact) mass is 222 g/mol. The zero-order valence-electron chi connectivity index (χ0n) is 9.42. The largest absolute Gasteiger partial charge is 0.312 e. The molecule has 1 aromatic heterocycles. The van der Waals surface area contributed by atoms with Crippen LogP contribution in [0, 0.1) is 17.2 Å². The minimum Gasteiger partial charge on any atom is -0.312 e. The van der Waals surface area contributed by atoms with Crippen molar-refractivity contribution < 1.29 is 0 Å². The van der Waals surface area contributed by atoms with Gasteiger partial charge in [-0.05, 0) is 37.4 Å². The number of nitriles is 1. The van der Waals surface area contributed by atoms with Crippen molar-refractivity contribution >= 4 is 11.3 Å². The lowest BCUT2D eigenvalue weighted by molar-refractivity contribution is 0.528. The number of nitrogens with zero attached hydrogens (tertiary/aromatic N) is 1. The molecule has 15 heavy (non-hydrogen) atoms. The van der Waals surface area contributed by atoms with Gasteiger partial charge in [-0.3, -0.25) is 0 Å². The highest BCUT2D eigenvalue weighted by Gasteiger charge is 1.98. The quantitative estimate of drug-likeness (QED) is 0.751. The summed E-state index contributed by atoms with van der Waals surface area (Å²) in [6.45, 7) is 6.46. The zero-order valence-corrected chi connectivity index (χ0v) is 10.2. The van der Waals surface area contributed by atoms with Gasteiger partial charge in [0.2, 0.25) is 0 Å². The second-order valence-corrected chi connectivity index (χ2v) is 5.26. The molecule has 0 aromatic carbocycles. The molecule has 0 saturated carbocycles. The highest BCUT2D eigenvalue weighted by molar-refractivity contribution is 7.12. The first-order chi connectivity index (χ1) is 7.22. The van der Waals surface area contributed by atoms with E-state index in [1.165, 1.54) is 17.7 Å². The fourth-order valence-corrected chi connectivity index (χ4v) is 2.15. The van der Waals surface area contributed by atoms with Gasteiger partial charge in [0.05, 0.1) is 0 Å². The third-order valence-corrected chi connectivity index (χ3v) is 3.20. The third-order valence-electron chi connectivity index (χ3n) is 2.21. The minimum atomic E-state index is 0.790. The molecule has 1 rings (SSSR count). The maximum atomic E-state index is 8.66. The van der Waals surface area contributed by atoms with Crippen LogP contribution < -0.4 is 5.32 Å². The third kappa shape index (κ3) is 4.96. The molecule has 0 radical (unpaired) electrons. The van der Waals surface area contributed by atoms with Crippen LogP contribution in [-0.2, 0) is 6.54 Å². The maximum absolute atomic E-state index is 8.66. The van der Waals surface area contributed by atoms with Crippen molar-refractivity contribution in [2.24, 2.45) is 5.92 Å². The highest BCUT2D eigenvalue weighted by Crippen LogP contribution is 2.14. The van der Waals surface area contributed by atoms with Gasteiger partial charge >= 0.3 is 0 Å². The predicted octanol–water partition coefficient (Wildman–Crippen LogP) is 3.15. The van der Waals surface area contributed by atoms with Crippen LogP contribution in [-0.4, -0.2) is 6.54 Å². The van der Waals surface area contributed by atoms with Crippen LogP contribution in [0.25, 0.3) is 0 Å². The van der Waals surface area contributed by atoms with Crippen LogP contribution in [0.2, 0.25) is 0 Å². The van der Waals surface area contributed by atoms with Crippen LogP contribution in [0.1, 0.15) is 36.4 Å². The predicted molar refractivity (Wildman–Crippen MR) is 64.8 cm³/mol. The maximum Gasteiger partial charge on any atom is 0.110 e. The number of hydrogen-bond acceptors (Lipinski definition) is 3. The Kier molecular flexibility index (Phi) is 5.38. The smallest absolute Gasteiger partial charge is 0.110 e. The number of nitrogens with one attached hydrogen (secondary N) is 1. The number of thiophene rings is 1. The lowest BCUT2D eigenvalue weighted by Crippen LogP contribution is -2.14. The first kappa shape index (κ1) is 12.2. The van der Waals surface area contributed by atoms with Crippen molar-refractivity contribution in [2.45, 2.75) is 33.2 Å². The van der Waals surface area contributed by atoms with E-state index in [1.54, 1.807) is 11.3 Å². The summed E-state index contributed by atoms with van der Waals surface area (Å²) < 4.78 is 0. The van der Waals surface area contributed by atoms with Gasteiger partial charge in [-0.15, -0.1) is 11.3 Å². The zero-order chi connectivity index (χ0) is 11.1. The fraction of sp³-hybridized carbons (Fsp3) is 0.583. The van der Waals surface area contributed by atoms with Gasteiger partial charge in [0, 0.05) is 11.4 Å². The number of rotatable bonds is 6. The molecule has 0 aliphatic heterocycles. The molecule has 3 heteroatoms. The number of hydrogen-bond donors (Lipinski definition) is 1. The van der Waals surface area contributed by atoms with E-state index in [0.717, 1.165) is 23.9 Å². The second-order valence-electron chi connectivity index (χ2n) is 4.09. The molecular weight excluding hydrogens is 204 g/mol. The molecule has 0 spiro atoms. The van der Waals surface area contributed by atoms with Gasteiger partial charge in [0.15, 0.2) is 0 Å². The van der Waals surface area contributed by atoms with Crippen LogP contribution >= 0.6 is 11.3 Å². The van der Waals surface area contributed by atoms with Crippen LogP contribution in [0.5, 0.6) is 0 Å². The summed E-state index contributed by atoms with van der Waals surface area (Å²) in [6.07, 6.45) is 2.51. The molecule has 1 heterocycles.